The third kappa shape index (κ3) is 6.93. The van der Waals surface area contributed by atoms with Crippen molar-refractivity contribution in [3.05, 3.63) is 16.1 Å². The Morgan fingerprint density at radius 1 is 1.34 bits per heavy atom. The number of rotatable bonds is 10. The molecule has 0 radical (unpaired) electrons. The normalized spacial score (nSPS) is 20.4. The van der Waals surface area contributed by atoms with Crippen LogP contribution in [0.5, 0.6) is 0 Å². The zero-order valence-corrected chi connectivity index (χ0v) is 19.3. The molecule has 2 fully saturated rings. The van der Waals surface area contributed by atoms with Crippen molar-refractivity contribution < 1.29 is 4.74 Å². The molecular formula is C22H39N5OS. The van der Waals surface area contributed by atoms with E-state index in [0.29, 0.717) is 5.41 Å². The number of aliphatic imine (C=N–C) groups is 1. The smallest absolute Gasteiger partial charge is 0.191 e. The molecule has 2 N–H and O–H groups in total. The van der Waals surface area contributed by atoms with E-state index in [0.717, 1.165) is 64.2 Å². The van der Waals surface area contributed by atoms with Crippen molar-refractivity contribution in [2.45, 2.75) is 58.9 Å². The quantitative estimate of drug-likeness (QED) is 0.448. The first-order valence-corrected chi connectivity index (χ1v) is 12.1. The predicted octanol–water partition coefficient (Wildman–Crippen LogP) is 3.43. The Kier molecular flexibility index (Phi) is 8.75. The summed E-state index contributed by atoms with van der Waals surface area (Å²) in [5.74, 6) is 1.70. The van der Waals surface area contributed by atoms with Crippen LogP contribution in [0.4, 0.5) is 0 Å². The lowest BCUT2D eigenvalue weighted by Gasteiger charge is -2.41. The number of nitrogens with one attached hydrogen (secondary N) is 2. The number of nitrogens with zero attached hydrogens (tertiary/aromatic N) is 3. The van der Waals surface area contributed by atoms with Crippen LogP contribution in [0.15, 0.2) is 10.4 Å². The summed E-state index contributed by atoms with van der Waals surface area (Å²) in [5.41, 5.74) is 1.60. The van der Waals surface area contributed by atoms with Crippen LogP contribution in [0.2, 0.25) is 0 Å². The second-order valence-corrected chi connectivity index (χ2v) is 9.81. The van der Waals surface area contributed by atoms with Gasteiger partial charge in [-0.3, -0.25) is 9.89 Å². The van der Waals surface area contributed by atoms with Crippen molar-refractivity contribution in [1.29, 1.82) is 0 Å². The van der Waals surface area contributed by atoms with Crippen molar-refractivity contribution in [2.75, 3.05) is 46.4 Å². The van der Waals surface area contributed by atoms with Gasteiger partial charge in [0.05, 0.1) is 10.7 Å². The number of methoxy groups -OCH3 is 1. The highest BCUT2D eigenvalue weighted by molar-refractivity contribution is 7.09. The molecule has 0 bridgehead atoms. The number of hydrogen-bond donors (Lipinski definition) is 2. The lowest BCUT2D eigenvalue weighted by Crippen LogP contribution is -2.43. The highest BCUT2D eigenvalue weighted by Crippen LogP contribution is 2.44. The van der Waals surface area contributed by atoms with E-state index in [1.54, 1.807) is 18.4 Å². The first-order chi connectivity index (χ1) is 14.1. The van der Waals surface area contributed by atoms with Gasteiger partial charge in [0.15, 0.2) is 5.96 Å². The maximum atomic E-state index is 5.31. The molecule has 1 aromatic heterocycles. The third-order valence-corrected chi connectivity index (χ3v) is 7.31. The largest absolute Gasteiger partial charge is 0.385 e. The van der Waals surface area contributed by atoms with E-state index >= 15 is 0 Å². The van der Waals surface area contributed by atoms with Gasteiger partial charge in [0.1, 0.15) is 0 Å². The molecule has 7 heteroatoms. The lowest BCUT2D eigenvalue weighted by atomic mass is 9.67. The van der Waals surface area contributed by atoms with Crippen LogP contribution >= 0.6 is 11.3 Å². The van der Waals surface area contributed by atoms with Gasteiger partial charge in [-0.25, -0.2) is 4.98 Å². The number of likely N-dealkylation sites (tertiary alicyclic amines) is 1. The molecule has 1 aliphatic heterocycles. The van der Waals surface area contributed by atoms with Crippen LogP contribution in [0, 0.1) is 18.3 Å². The van der Waals surface area contributed by atoms with Gasteiger partial charge >= 0.3 is 0 Å². The molecular weight excluding hydrogens is 382 g/mol. The van der Waals surface area contributed by atoms with Crippen LogP contribution in [0.1, 0.15) is 56.2 Å². The summed E-state index contributed by atoms with van der Waals surface area (Å²) < 4.78 is 5.31. The number of aryl methyl sites for hydroxylation is 1. The standard InChI is InChI=1S/C22H39N5OS/c1-4-23-21(25-17-22(8-5-9-22)10-13-28-3)24-14-19-6-11-27(12-7-19)15-20-16-29-18(2)26-20/h16,19H,4-15,17H2,1-3H3,(H2,23,24,25). The monoisotopic (exact) mass is 421 g/mol. The van der Waals surface area contributed by atoms with Crippen molar-refractivity contribution in [3.8, 4) is 0 Å². The van der Waals surface area contributed by atoms with Gasteiger partial charge in [0, 0.05) is 45.3 Å². The highest BCUT2D eigenvalue weighted by Gasteiger charge is 2.36. The van der Waals surface area contributed by atoms with E-state index in [2.05, 4.69) is 39.7 Å². The Hall–Kier alpha value is -1.18. The molecule has 164 valence electrons. The molecule has 0 amide bonds. The molecule has 0 aromatic carbocycles. The lowest BCUT2D eigenvalue weighted by molar-refractivity contribution is 0.0778. The average Bonchev–Trinajstić information content (AvgIpc) is 3.10. The number of thiazole rings is 1. The summed E-state index contributed by atoms with van der Waals surface area (Å²) in [5, 5.41) is 10.4. The SMILES string of the molecule is CCNC(=NCC1(CCOC)CCC1)NCC1CCN(Cc2csc(C)n2)CC1. The molecule has 0 spiro atoms. The Morgan fingerprint density at radius 2 is 2.14 bits per heavy atom. The molecule has 2 heterocycles. The third-order valence-electron chi connectivity index (χ3n) is 6.49. The predicted molar refractivity (Wildman–Crippen MR) is 122 cm³/mol. The molecule has 0 atom stereocenters. The molecule has 6 nitrogen and oxygen atoms in total. The van der Waals surface area contributed by atoms with E-state index in [-0.39, 0.29) is 0 Å². The second-order valence-electron chi connectivity index (χ2n) is 8.75. The first-order valence-electron chi connectivity index (χ1n) is 11.3. The molecule has 1 aliphatic carbocycles. The summed E-state index contributed by atoms with van der Waals surface area (Å²) >= 11 is 1.75. The number of guanidine groups is 1. The van der Waals surface area contributed by atoms with Gasteiger partial charge < -0.3 is 15.4 Å². The van der Waals surface area contributed by atoms with Crippen molar-refractivity contribution in [3.63, 3.8) is 0 Å². The average molecular weight is 422 g/mol. The zero-order chi connectivity index (χ0) is 20.5. The fraction of sp³-hybridized carbons (Fsp3) is 0.818. The Morgan fingerprint density at radius 3 is 2.72 bits per heavy atom. The van der Waals surface area contributed by atoms with E-state index in [1.807, 2.05) is 0 Å². The number of ether oxygens (including phenoxy) is 1. The summed E-state index contributed by atoms with van der Waals surface area (Å²) in [6.45, 7) is 11.2. The molecule has 0 unspecified atom stereocenters. The number of hydrogen-bond acceptors (Lipinski definition) is 5. The minimum atomic E-state index is 0.373. The maximum Gasteiger partial charge on any atom is 0.191 e. The number of aromatic nitrogens is 1. The van der Waals surface area contributed by atoms with E-state index in [9.17, 15) is 0 Å². The van der Waals surface area contributed by atoms with Crippen molar-refractivity contribution in [2.24, 2.45) is 16.3 Å². The topological polar surface area (TPSA) is 61.8 Å². The minimum Gasteiger partial charge on any atom is -0.385 e. The Labute approximate surface area is 180 Å². The van der Waals surface area contributed by atoms with Crippen LogP contribution < -0.4 is 10.6 Å². The summed E-state index contributed by atoms with van der Waals surface area (Å²) in [6.07, 6.45) is 7.53. The second kappa shape index (κ2) is 11.3. The van der Waals surface area contributed by atoms with Gasteiger partial charge in [-0.15, -0.1) is 11.3 Å². The van der Waals surface area contributed by atoms with E-state index < -0.39 is 0 Å². The summed E-state index contributed by atoms with van der Waals surface area (Å²) in [6, 6.07) is 0. The zero-order valence-electron chi connectivity index (χ0n) is 18.5. The first kappa shape index (κ1) is 22.5. The van der Waals surface area contributed by atoms with Crippen molar-refractivity contribution in [1.82, 2.24) is 20.5 Å². The molecule has 1 saturated heterocycles. The van der Waals surface area contributed by atoms with Gasteiger partial charge in [-0.05, 0) is 70.4 Å². The Balaban J connectivity index is 1.41. The molecule has 2 aliphatic rings. The van der Waals surface area contributed by atoms with Crippen LogP contribution in [-0.2, 0) is 11.3 Å². The molecule has 29 heavy (non-hydrogen) atoms. The summed E-state index contributed by atoms with van der Waals surface area (Å²) in [4.78, 5) is 12.1. The maximum absolute atomic E-state index is 5.31. The summed E-state index contributed by atoms with van der Waals surface area (Å²) in [7, 11) is 1.80. The van der Waals surface area contributed by atoms with Gasteiger partial charge in [0.2, 0.25) is 0 Å². The van der Waals surface area contributed by atoms with Gasteiger partial charge in [0.25, 0.3) is 0 Å². The van der Waals surface area contributed by atoms with Crippen LogP contribution in [0.25, 0.3) is 0 Å². The van der Waals surface area contributed by atoms with Crippen molar-refractivity contribution >= 4 is 17.3 Å². The fourth-order valence-electron chi connectivity index (χ4n) is 4.37. The molecule has 1 aromatic rings. The minimum absolute atomic E-state index is 0.373. The van der Waals surface area contributed by atoms with Crippen LogP contribution in [0.3, 0.4) is 0 Å². The molecule has 1 saturated carbocycles. The van der Waals surface area contributed by atoms with E-state index in [1.165, 1.54) is 42.8 Å². The van der Waals surface area contributed by atoms with Crippen LogP contribution in [-0.4, -0.2) is 62.3 Å². The van der Waals surface area contributed by atoms with Gasteiger partial charge in [-0.2, -0.15) is 0 Å². The number of piperidine rings is 1. The van der Waals surface area contributed by atoms with E-state index in [4.69, 9.17) is 9.73 Å². The van der Waals surface area contributed by atoms with Gasteiger partial charge in [-0.1, -0.05) is 6.42 Å². The highest BCUT2D eigenvalue weighted by atomic mass is 32.1. The molecule has 3 rings (SSSR count). The Bertz CT molecular complexity index is 635. The fourth-order valence-corrected chi connectivity index (χ4v) is 4.97.